The molecule has 1 aliphatic carbocycles. The average Bonchev–Trinajstić information content (AvgIpc) is 2.09. The lowest BCUT2D eigenvalue weighted by molar-refractivity contribution is 0.231. The summed E-state index contributed by atoms with van der Waals surface area (Å²) in [5.74, 6) is 3.08. The predicted octanol–water partition coefficient (Wildman–Crippen LogP) is 2.76. The summed E-state index contributed by atoms with van der Waals surface area (Å²) in [7, 11) is 0. The fourth-order valence-corrected chi connectivity index (χ4v) is 2.64. The van der Waals surface area contributed by atoms with Crippen LogP contribution in [-0.2, 0) is 0 Å². The molecule has 0 bridgehead atoms. The fourth-order valence-electron chi connectivity index (χ4n) is 2.32. The quantitative estimate of drug-likeness (QED) is 0.702. The van der Waals surface area contributed by atoms with Gasteiger partial charge in [0.1, 0.15) is 0 Å². The summed E-state index contributed by atoms with van der Waals surface area (Å²) in [5.41, 5.74) is 0. The zero-order valence-corrected chi connectivity index (χ0v) is 9.99. The summed E-state index contributed by atoms with van der Waals surface area (Å²) in [6.45, 7) is 5.96. The highest BCUT2D eigenvalue weighted by atomic mass is 32.2. The van der Waals surface area contributed by atoms with Crippen LogP contribution in [0.1, 0.15) is 33.1 Å². The van der Waals surface area contributed by atoms with Crippen LogP contribution in [-0.4, -0.2) is 24.6 Å². The van der Waals surface area contributed by atoms with E-state index in [0.717, 1.165) is 17.9 Å². The van der Waals surface area contributed by atoms with Crippen molar-refractivity contribution in [1.82, 2.24) is 5.32 Å². The van der Waals surface area contributed by atoms with Crippen LogP contribution in [0.25, 0.3) is 0 Å². The van der Waals surface area contributed by atoms with Crippen molar-refractivity contribution in [3.63, 3.8) is 0 Å². The molecule has 0 amide bonds. The Morgan fingerprint density at radius 3 is 2.69 bits per heavy atom. The van der Waals surface area contributed by atoms with Gasteiger partial charge in [-0.15, -0.1) is 0 Å². The van der Waals surface area contributed by atoms with Crippen molar-refractivity contribution < 1.29 is 0 Å². The molecule has 1 saturated carbocycles. The summed E-state index contributed by atoms with van der Waals surface area (Å²) < 4.78 is 0. The van der Waals surface area contributed by atoms with Crippen molar-refractivity contribution in [2.24, 2.45) is 11.8 Å². The summed E-state index contributed by atoms with van der Waals surface area (Å²) >= 11 is 1.93. The van der Waals surface area contributed by atoms with Crippen molar-refractivity contribution in [2.75, 3.05) is 18.6 Å². The molecule has 1 aliphatic rings. The number of nitrogens with one attached hydrogen (secondary N) is 1. The van der Waals surface area contributed by atoms with Crippen LogP contribution < -0.4 is 5.32 Å². The normalized spacial score (nSPS) is 34.8. The third kappa shape index (κ3) is 3.90. The predicted molar refractivity (Wildman–Crippen MR) is 62.4 cm³/mol. The molecule has 78 valence electrons. The molecule has 0 radical (unpaired) electrons. The standard InChI is InChI=1S/C11H23NS/c1-9-4-5-11(10(2)8-9)12-6-7-13-3/h9-12H,4-8H2,1-3H3. The van der Waals surface area contributed by atoms with E-state index in [1.165, 1.54) is 31.6 Å². The van der Waals surface area contributed by atoms with Gasteiger partial charge in [-0.1, -0.05) is 13.8 Å². The lowest BCUT2D eigenvalue weighted by Gasteiger charge is -2.33. The van der Waals surface area contributed by atoms with E-state index < -0.39 is 0 Å². The van der Waals surface area contributed by atoms with Gasteiger partial charge in [-0.25, -0.2) is 0 Å². The maximum Gasteiger partial charge on any atom is 0.00932 e. The third-order valence-electron chi connectivity index (χ3n) is 3.14. The number of thioether (sulfide) groups is 1. The Balaban J connectivity index is 2.18. The molecule has 1 rings (SSSR count). The Morgan fingerprint density at radius 1 is 1.31 bits per heavy atom. The van der Waals surface area contributed by atoms with Gasteiger partial charge in [-0.3, -0.25) is 0 Å². The van der Waals surface area contributed by atoms with Gasteiger partial charge >= 0.3 is 0 Å². The van der Waals surface area contributed by atoms with E-state index in [9.17, 15) is 0 Å². The molecule has 13 heavy (non-hydrogen) atoms. The van der Waals surface area contributed by atoms with Crippen molar-refractivity contribution in [1.29, 1.82) is 0 Å². The minimum absolute atomic E-state index is 0.795. The highest BCUT2D eigenvalue weighted by Crippen LogP contribution is 2.28. The molecule has 1 N–H and O–H groups in total. The SMILES string of the molecule is CSCCNC1CCC(C)CC1C. The van der Waals surface area contributed by atoms with Gasteiger partial charge in [0.05, 0.1) is 0 Å². The largest absolute Gasteiger partial charge is 0.313 e. The molecule has 0 aromatic carbocycles. The van der Waals surface area contributed by atoms with Crippen molar-refractivity contribution >= 4 is 11.8 Å². The van der Waals surface area contributed by atoms with Gasteiger partial charge in [0.15, 0.2) is 0 Å². The van der Waals surface area contributed by atoms with Gasteiger partial charge in [0.2, 0.25) is 0 Å². The van der Waals surface area contributed by atoms with E-state index in [1.807, 2.05) is 11.8 Å². The molecular weight excluding hydrogens is 178 g/mol. The van der Waals surface area contributed by atoms with Gasteiger partial charge in [0.25, 0.3) is 0 Å². The van der Waals surface area contributed by atoms with Crippen LogP contribution in [0, 0.1) is 11.8 Å². The summed E-state index contributed by atoms with van der Waals surface area (Å²) in [5, 5.41) is 3.67. The molecule has 1 nitrogen and oxygen atoms in total. The second-order valence-corrected chi connectivity index (χ2v) is 5.43. The minimum atomic E-state index is 0.795. The molecule has 0 spiro atoms. The first-order valence-electron chi connectivity index (χ1n) is 5.46. The second kappa shape index (κ2) is 5.92. The molecule has 0 aromatic rings. The lowest BCUT2D eigenvalue weighted by Crippen LogP contribution is -2.40. The highest BCUT2D eigenvalue weighted by Gasteiger charge is 2.24. The Bertz CT molecular complexity index is 138. The van der Waals surface area contributed by atoms with E-state index >= 15 is 0 Å². The third-order valence-corrected chi connectivity index (χ3v) is 3.76. The van der Waals surface area contributed by atoms with Crippen LogP contribution >= 0.6 is 11.8 Å². The molecule has 3 unspecified atom stereocenters. The van der Waals surface area contributed by atoms with Gasteiger partial charge < -0.3 is 5.32 Å². The van der Waals surface area contributed by atoms with E-state index in [0.29, 0.717) is 0 Å². The van der Waals surface area contributed by atoms with Gasteiger partial charge in [0, 0.05) is 18.3 Å². The lowest BCUT2D eigenvalue weighted by atomic mass is 9.80. The number of hydrogen-bond donors (Lipinski definition) is 1. The van der Waals surface area contributed by atoms with E-state index in [1.54, 1.807) is 0 Å². The monoisotopic (exact) mass is 201 g/mol. The molecule has 0 heterocycles. The average molecular weight is 201 g/mol. The zero-order valence-electron chi connectivity index (χ0n) is 9.18. The van der Waals surface area contributed by atoms with Crippen molar-refractivity contribution in [3.8, 4) is 0 Å². The van der Waals surface area contributed by atoms with Gasteiger partial charge in [-0.05, 0) is 37.4 Å². The van der Waals surface area contributed by atoms with Crippen LogP contribution in [0.4, 0.5) is 0 Å². The van der Waals surface area contributed by atoms with E-state index in [2.05, 4.69) is 25.4 Å². The topological polar surface area (TPSA) is 12.0 Å². The number of rotatable bonds is 4. The van der Waals surface area contributed by atoms with Crippen molar-refractivity contribution in [3.05, 3.63) is 0 Å². The summed E-state index contributed by atoms with van der Waals surface area (Å²) in [6, 6.07) is 0.795. The van der Waals surface area contributed by atoms with E-state index in [-0.39, 0.29) is 0 Å². The molecule has 1 fully saturated rings. The summed E-state index contributed by atoms with van der Waals surface area (Å²) in [6.07, 6.45) is 6.39. The molecule has 0 aliphatic heterocycles. The van der Waals surface area contributed by atoms with Crippen LogP contribution in [0.15, 0.2) is 0 Å². The Morgan fingerprint density at radius 2 is 2.08 bits per heavy atom. The first kappa shape index (κ1) is 11.4. The highest BCUT2D eigenvalue weighted by molar-refractivity contribution is 7.98. The summed E-state index contributed by atoms with van der Waals surface area (Å²) in [4.78, 5) is 0. The molecule has 3 atom stereocenters. The fraction of sp³-hybridized carbons (Fsp3) is 1.00. The van der Waals surface area contributed by atoms with E-state index in [4.69, 9.17) is 0 Å². The van der Waals surface area contributed by atoms with Gasteiger partial charge in [-0.2, -0.15) is 11.8 Å². The zero-order chi connectivity index (χ0) is 9.68. The Labute approximate surface area is 87.1 Å². The first-order chi connectivity index (χ1) is 6.24. The van der Waals surface area contributed by atoms with Crippen molar-refractivity contribution in [2.45, 2.75) is 39.2 Å². The Kier molecular flexibility index (Phi) is 5.18. The maximum absolute atomic E-state index is 3.67. The van der Waals surface area contributed by atoms with Crippen LogP contribution in [0.2, 0.25) is 0 Å². The molecular formula is C11H23NS. The Hall–Kier alpha value is 0.310. The smallest absolute Gasteiger partial charge is 0.00932 e. The second-order valence-electron chi connectivity index (χ2n) is 4.45. The molecule has 2 heteroatoms. The molecule has 0 saturated heterocycles. The first-order valence-corrected chi connectivity index (χ1v) is 6.85. The van der Waals surface area contributed by atoms with Crippen LogP contribution in [0.3, 0.4) is 0 Å². The molecule has 0 aromatic heterocycles. The van der Waals surface area contributed by atoms with Crippen LogP contribution in [0.5, 0.6) is 0 Å². The maximum atomic E-state index is 3.67. The number of hydrogen-bond acceptors (Lipinski definition) is 2. The minimum Gasteiger partial charge on any atom is -0.313 e.